The first-order chi connectivity index (χ1) is 6.47. The Morgan fingerprint density at radius 3 is 2.79 bits per heavy atom. The van der Waals surface area contributed by atoms with Crippen LogP contribution in [-0.4, -0.2) is 34.3 Å². The van der Waals surface area contributed by atoms with Crippen molar-refractivity contribution in [1.82, 2.24) is 0 Å². The molecule has 0 aromatic heterocycles. The van der Waals surface area contributed by atoms with Crippen LogP contribution < -0.4 is 0 Å². The van der Waals surface area contributed by atoms with E-state index in [9.17, 15) is 4.79 Å². The minimum absolute atomic E-state index is 0.0188. The summed E-state index contributed by atoms with van der Waals surface area (Å²) in [7, 11) is -0.832. The second-order valence-electron chi connectivity index (χ2n) is 4.39. The van der Waals surface area contributed by atoms with E-state index < -0.39 is 15.6 Å². The minimum atomic E-state index is -0.832. The van der Waals surface area contributed by atoms with Crippen molar-refractivity contribution in [3.05, 3.63) is 0 Å². The summed E-state index contributed by atoms with van der Waals surface area (Å²) >= 11 is 0. The molecule has 0 radical (unpaired) electrons. The van der Waals surface area contributed by atoms with Crippen molar-refractivity contribution in [2.75, 3.05) is 6.61 Å². The molecule has 1 saturated heterocycles. The Bertz CT molecular complexity index is 193. The summed E-state index contributed by atoms with van der Waals surface area (Å²) < 4.78 is 15.7. The lowest BCUT2D eigenvalue weighted by molar-refractivity contribution is -0.157. The highest BCUT2D eigenvalue weighted by atomic mass is 28.3. The molecule has 0 aliphatic carbocycles. The molecule has 1 fully saturated rings. The molecule has 1 unspecified atom stereocenters. The van der Waals surface area contributed by atoms with Gasteiger partial charge in [0.05, 0.1) is 12.5 Å². The zero-order valence-corrected chi connectivity index (χ0v) is 10.5. The first-order valence-electron chi connectivity index (χ1n) is 4.88. The third-order valence-corrected chi connectivity index (χ3v) is 2.85. The number of ether oxygens (including phenoxy) is 1. The maximum absolute atomic E-state index is 11.4. The van der Waals surface area contributed by atoms with E-state index in [2.05, 4.69) is 0 Å². The molecule has 1 aliphatic rings. The van der Waals surface area contributed by atoms with Crippen molar-refractivity contribution in [3.63, 3.8) is 0 Å². The molecule has 1 rings (SSSR count). The molecule has 0 saturated carbocycles. The summed E-state index contributed by atoms with van der Waals surface area (Å²) in [5.41, 5.74) is -0.403. The predicted octanol–water partition coefficient (Wildman–Crippen LogP) is 0.522. The Hall–Kier alpha value is -0.393. The SMILES string of the molecule is CC(C)(C)OC(=O)CC1CCO[SiH2]O1. The molecule has 1 aliphatic heterocycles. The van der Waals surface area contributed by atoms with Crippen LogP contribution in [0.25, 0.3) is 0 Å². The van der Waals surface area contributed by atoms with Gasteiger partial charge in [-0.05, 0) is 27.2 Å². The summed E-state index contributed by atoms with van der Waals surface area (Å²) in [5.74, 6) is -0.182. The molecule has 1 atom stereocenters. The lowest BCUT2D eigenvalue weighted by atomic mass is 10.1. The van der Waals surface area contributed by atoms with Gasteiger partial charge >= 0.3 is 16.0 Å². The molecule has 0 aromatic carbocycles. The third-order valence-electron chi connectivity index (χ3n) is 1.79. The summed E-state index contributed by atoms with van der Waals surface area (Å²) in [6.07, 6.45) is 1.17. The molecule has 0 N–H and O–H groups in total. The lowest BCUT2D eigenvalue weighted by Crippen LogP contribution is -2.31. The summed E-state index contributed by atoms with van der Waals surface area (Å²) in [6.45, 7) is 6.32. The van der Waals surface area contributed by atoms with Gasteiger partial charge in [0.15, 0.2) is 0 Å². The fraction of sp³-hybridized carbons (Fsp3) is 0.889. The normalized spacial score (nSPS) is 24.9. The quantitative estimate of drug-likeness (QED) is 0.501. The van der Waals surface area contributed by atoms with Gasteiger partial charge in [0.2, 0.25) is 0 Å². The lowest BCUT2D eigenvalue weighted by Gasteiger charge is -2.24. The van der Waals surface area contributed by atoms with Crippen LogP contribution in [0.5, 0.6) is 0 Å². The van der Waals surface area contributed by atoms with Crippen LogP contribution in [0.4, 0.5) is 0 Å². The summed E-state index contributed by atoms with van der Waals surface area (Å²) in [5, 5.41) is 0. The monoisotopic (exact) mass is 218 g/mol. The average molecular weight is 218 g/mol. The number of rotatable bonds is 2. The standard InChI is InChI=1S/C9H18O4Si/c1-9(2,3)12-8(10)6-7-4-5-11-14-13-7/h7H,4-6,14H2,1-3H3. The van der Waals surface area contributed by atoms with E-state index in [4.69, 9.17) is 13.6 Å². The molecule has 0 amide bonds. The zero-order chi connectivity index (χ0) is 10.6. The van der Waals surface area contributed by atoms with E-state index in [-0.39, 0.29) is 12.1 Å². The van der Waals surface area contributed by atoms with Gasteiger partial charge in [-0.2, -0.15) is 0 Å². The molecule has 82 valence electrons. The largest absolute Gasteiger partial charge is 0.460 e. The molecule has 0 bridgehead atoms. The molecular formula is C9H18O4Si. The molecule has 4 nitrogen and oxygen atoms in total. The Morgan fingerprint density at radius 2 is 2.29 bits per heavy atom. The van der Waals surface area contributed by atoms with Crippen LogP contribution >= 0.6 is 0 Å². The Kier molecular flexibility index (Phi) is 4.09. The van der Waals surface area contributed by atoms with E-state index in [1.165, 1.54) is 0 Å². The van der Waals surface area contributed by atoms with Crippen molar-refractivity contribution < 1.29 is 18.4 Å². The maximum Gasteiger partial charge on any atom is 0.308 e. The van der Waals surface area contributed by atoms with Crippen molar-refractivity contribution in [3.8, 4) is 0 Å². The zero-order valence-electron chi connectivity index (χ0n) is 9.04. The molecular weight excluding hydrogens is 200 g/mol. The topological polar surface area (TPSA) is 44.8 Å². The van der Waals surface area contributed by atoms with Crippen LogP contribution in [0.3, 0.4) is 0 Å². The molecule has 0 spiro atoms. The van der Waals surface area contributed by atoms with Crippen LogP contribution in [0.15, 0.2) is 0 Å². The van der Waals surface area contributed by atoms with E-state index >= 15 is 0 Å². The van der Waals surface area contributed by atoms with E-state index in [1.54, 1.807) is 0 Å². The average Bonchev–Trinajstić information content (AvgIpc) is 2.02. The Balaban J connectivity index is 2.25. The van der Waals surface area contributed by atoms with Gasteiger partial charge in [-0.3, -0.25) is 4.79 Å². The number of carbonyl (C=O) groups is 1. The van der Waals surface area contributed by atoms with Crippen molar-refractivity contribution in [2.24, 2.45) is 0 Å². The van der Waals surface area contributed by atoms with E-state index in [0.717, 1.165) is 13.0 Å². The highest BCUT2D eigenvalue weighted by Crippen LogP contribution is 2.13. The fourth-order valence-corrected chi connectivity index (χ4v) is 2.09. The van der Waals surface area contributed by atoms with Crippen LogP contribution in [0.1, 0.15) is 33.6 Å². The van der Waals surface area contributed by atoms with Crippen LogP contribution in [0.2, 0.25) is 0 Å². The third kappa shape index (κ3) is 4.73. The number of hydrogen-bond donors (Lipinski definition) is 0. The molecule has 5 heteroatoms. The van der Waals surface area contributed by atoms with Gasteiger partial charge in [-0.25, -0.2) is 0 Å². The van der Waals surface area contributed by atoms with E-state index in [0.29, 0.717) is 6.42 Å². The van der Waals surface area contributed by atoms with Gasteiger partial charge in [-0.15, -0.1) is 0 Å². The van der Waals surface area contributed by atoms with Crippen molar-refractivity contribution in [2.45, 2.75) is 45.3 Å². The van der Waals surface area contributed by atoms with E-state index in [1.807, 2.05) is 20.8 Å². The van der Waals surface area contributed by atoms with Crippen LogP contribution in [0, 0.1) is 0 Å². The van der Waals surface area contributed by atoms with Gasteiger partial charge < -0.3 is 13.6 Å². The minimum Gasteiger partial charge on any atom is -0.460 e. The maximum atomic E-state index is 11.4. The number of carbonyl (C=O) groups excluding carboxylic acids is 1. The van der Waals surface area contributed by atoms with Gasteiger partial charge in [0.1, 0.15) is 5.60 Å². The second-order valence-corrected chi connectivity index (χ2v) is 5.37. The van der Waals surface area contributed by atoms with Gasteiger partial charge in [-0.1, -0.05) is 0 Å². The molecule has 1 heterocycles. The Morgan fingerprint density at radius 1 is 1.57 bits per heavy atom. The smallest absolute Gasteiger partial charge is 0.308 e. The highest BCUT2D eigenvalue weighted by molar-refractivity contribution is 6.18. The second kappa shape index (κ2) is 4.91. The first kappa shape index (κ1) is 11.7. The highest BCUT2D eigenvalue weighted by Gasteiger charge is 2.22. The fourth-order valence-electron chi connectivity index (χ4n) is 1.23. The van der Waals surface area contributed by atoms with Gasteiger partial charge in [0, 0.05) is 6.61 Å². The number of esters is 1. The first-order valence-corrected chi connectivity index (χ1v) is 6.04. The van der Waals surface area contributed by atoms with Crippen LogP contribution in [-0.2, 0) is 18.4 Å². The predicted molar refractivity (Wildman–Crippen MR) is 54.4 cm³/mol. The van der Waals surface area contributed by atoms with Gasteiger partial charge in [0.25, 0.3) is 0 Å². The number of hydrogen-bond acceptors (Lipinski definition) is 4. The van der Waals surface area contributed by atoms with Crippen molar-refractivity contribution in [1.29, 1.82) is 0 Å². The summed E-state index contributed by atoms with van der Waals surface area (Å²) in [4.78, 5) is 11.4. The molecule has 0 aromatic rings. The van der Waals surface area contributed by atoms with Crippen molar-refractivity contribution >= 4 is 16.0 Å². The Labute approximate surface area is 87.0 Å². The summed E-state index contributed by atoms with van der Waals surface area (Å²) in [6, 6.07) is 0. The molecule has 14 heavy (non-hydrogen) atoms.